The molecule has 1 rings (SSSR count). The highest BCUT2D eigenvalue weighted by Crippen LogP contribution is 2.05. The largest absolute Gasteiger partial charge is 0.308 e. The summed E-state index contributed by atoms with van der Waals surface area (Å²) >= 11 is 4.04. The van der Waals surface area contributed by atoms with Crippen molar-refractivity contribution >= 4 is 18.4 Å². The first-order valence-electron chi connectivity index (χ1n) is 2.44. The first-order chi connectivity index (χ1) is 4.33. The van der Waals surface area contributed by atoms with Gasteiger partial charge < -0.3 is 5.43 Å². The topological polar surface area (TPSA) is 50.9 Å². The summed E-state index contributed by atoms with van der Waals surface area (Å²) in [7, 11) is 0. The summed E-state index contributed by atoms with van der Waals surface area (Å²) in [4.78, 5) is 4.71. The van der Waals surface area contributed by atoms with Crippen molar-refractivity contribution in [1.82, 2.24) is 4.98 Å². The van der Waals surface area contributed by atoms with Crippen LogP contribution in [-0.2, 0) is 0 Å². The molecule has 0 aliphatic heterocycles. The Balaban J connectivity index is 2.88. The first kappa shape index (κ1) is 6.38. The van der Waals surface area contributed by atoms with Gasteiger partial charge in [0, 0.05) is 11.1 Å². The Kier molecular flexibility index (Phi) is 1.92. The summed E-state index contributed by atoms with van der Waals surface area (Å²) < 4.78 is 0. The molecule has 0 amide bonds. The van der Waals surface area contributed by atoms with E-state index in [2.05, 4.69) is 23.0 Å². The van der Waals surface area contributed by atoms with Crippen LogP contribution in [0.15, 0.2) is 23.2 Å². The SMILES string of the molecule is NNc1ccc(S)cn1. The lowest BCUT2D eigenvalue weighted by molar-refractivity contribution is 1.19. The second-order valence-electron chi connectivity index (χ2n) is 1.55. The molecule has 1 aromatic heterocycles. The molecule has 48 valence electrons. The van der Waals surface area contributed by atoms with Crippen molar-refractivity contribution in [1.29, 1.82) is 0 Å². The molecule has 3 N–H and O–H groups in total. The third kappa shape index (κ3) is 1.58. The van der Waals surface area contributed by atoms with Crippen LogP contribution in [0.1, 0.15) is 0 Å². The quantitative estimate of drug-likeness (QED) is 0.306. The highest BCUT2D eigenvalue weighted by Gasteiger charge is 1.86. The van der Waals surface area contributed by atoms with Crippen LogP contribution < -0.4 is 11.3 Å². The first-order valence-corrected chi connectivity index (χ1v) is 2.89. The number of hydrogen-bond acceptors (Lipinski definition) is 4. The van der Waals surface area contributed by atoms with Crippen LogP contribution in [0.25, 0.3) is 0 Å². The number of pyridine rings is 1. The fourth-order valence-electron chi connectivity index (χ4n) is 0.471. The number of rotatable bonds is 1. The van der Waals surface area contributed by atoms with E-state index < -0.39 is 0 Å². The molecule has 0 unspecified atom stereocenters. The van der Waals surface area contributed by atoms with Gasteiger partial charge in [0.1, 0.15) is 5.82 Å². The smallest absolute Gasteiger partial charge is 0.139 e. The number of nitrogen functional groups attached to an aromatic ring is 1. The predicted molar refractivity (Wildman–Crippen MR) is 39.3 cm³/mol. The van der Waals surface area contributed by atoms with Gasteiger partial charge in [0.15, 0.2) is 0 Å². The zero-order chi connectivity index (χ0) is 6.69. The lowest BCUT2D eigenvalue weighted by Gasteiger charge is -1.95. The zero-order valence-corrected chi connectivity index (χ0v) is 5.60. The van der Waals surface area contributed by atoms with Gasteiger partial charge >= 0.3 is 0 Å². The molecule has 1 aromatic rings. The van der Waals surface area contributed by atoms with Crippen molar-refractivity contribution < 1.29 is 0 Å². The van der Waals surface area contributed by atoms with E-state index in [1.165, 1.54) is 0 Å². The van der Waals surface area contributed by atoms with Crippen molar-refractivity contribution in [3.05, 3.63) is 18.3 Å². The van der Waals surface area contributed by atoms with Crippen LogP contribution in [-0.4, -0.2) is 4.98 Å². The van der Waals surface area contributed by atoms with Gasteiger partial charge in [-0.05, 0) is 12.1 Å². The number of nitrogens with two attached hydrogens (primary N) is 1. The van der Waals surface area contributed by atoms with E-state index in [-0.39, 0.29) is 0 Å². The molecule has 0 saturated heterocycles. The summed E-state index contributed by atoms with van der Waals surface area (Å²) in [6.45, 7) is 0. The average molecular weight is 141 g/mol. The summed E-state index contributed by atoms with van der Waals surface area (Å²) in [5.74, 6) is 5.71. The average Bonchev–Trinajstić information content (AvgIpc) is 1.90. The Labute approximate surface area is 58.7 Å². The minimum absolute atomic E-state index is 0.646. The Bertz CT molecular complexity index is 184. The predicted octanol–water partition coefficient (Wildman–Crippen LogP) is 0.656. The molecule has 9 heavy (non-hydrogen) atoms. The van der Waals surface area contributed by atoms with E-state index in [4.69, 9.17) is 5.84 Å². The lowest BCUT2D eigenvalue weighted by atomic mass is 10.5. The normalized spacial score (nSPS) is 9.11. The fraction of sp³-hybridized carbons (Fsp3) is 0. The van der Waals surface area contributed by atoms with E-state index >= 15 is 0 Å². The van der Waals surface area contributed by atoms with Crippen LogP contribution in [0.4, 0.5) is 5.82 Å². The summed E-state index contributed by atoms with van der Waals surface area (Å²) in [5.41, 5.74) is 2.41. The Hall–Kier alpha value is -0.740. The lowest BCUT2D eigenvalue weighted by Crippen LogP contribution is -2.07. The van der Waals surface area contributed by atoms with Crippen LogP contribution in [0, 0.1) is 0 Å². The number of thiol groups is 1. The molecule has 0 spiro atoms. The summed E-state index contributed by atoms with van der Waals surface area (Å²) in [6, 6.07) is 3.56. The Morgan fingerprint density at radius 3 is 2.78 bits per heavy atom. The maximum Gasteiger partial charge on any atom is 0.139 e. The van der Waals surface area contributed by atoms with Gasteiger partial charge in [0.2, 0.25) is 0 Å². The van der Waals surface area contributed by atoms with E-state index in [0.717, 1.165) is 4.90 Å². The summed E-state index contributed by atoms with van der Waals surface area (Å²) in [6.07, 6.45) is 1.62. The van der Waals surface area contributed by atoms with E-state index in [1.807, 2.05) is 6.07 Å². The molecule has 0 radical (unpaired) electrons. The molecular weight excluding hydrogens is 134 g/mol. The molecule has 0 aromatic carbocycles. The number of hydrogen-bond donors (Lipinski definition) is 3. The minimum atomic E-state index is 0.646. The van der Waals surface area contributed by atoms with Crippen LogP contribution in [0.5, 0.6) is 0 Å². The monoisotopic (exact) mass is 141 g/mol. The van der Waals surface area contributed by atoms with E-state index in [9.17, 15) is 0 Å². The van der Waals surface area contributed by atoms with Crippen molar-refractivity contribution in [2.75, 3.05) is 5.43 Å². The molecule has 0 fully saturated rings. The van der Waals surface area contributed by atoms with Crippen molar-refractivity contribution in [2.45, 2.75) is 4.90 Å². The molecule has 0 atom stereocenters. The second-order valence-corrected chi connectivity index (χ2v) is 2.06. The third-order valence-corrected chi connectivity index (χ3v) is 1.16. The van der Waals surface area contributed by atoms with E-state index in [1.54, 1.807) is 12.3 Å². The Morgan fingerprint density at radius 1 is 1.56 bits per heavy atom. The number of aromatic nitrogens is 1. The zero-order valence-electron chi connectivity index (χ0n) is 4.70. The van der Waals surface area contributed by atoms with Gasteiger partial charge in [-0.1, -0.05) is 0 Å². The van der Waals surface area contributed by atoms with Gasteiger partial charge in [-0.3, -0.25) is 0 Å². The van der Waals surface area contributed by atoms with Crippen molar-refractivity contribution in [3.8, 4) is 0 Å². The second kappa shape index (κ2) is 2.70. The minimum Gasteiger partial charge on any atom is -0.308 e. The maximum absolute atomic E-state index is 5.06. The van der Waals surface area contributed by atoms with Gasteiger partial charge in [-0.2, -0.15) is 0 Å². The van der Waals surface area contributed by atoms with Crippen LogP contribution in [0.2, 0.25) is 0 Å². The maximum atomic E-state index is 5.06. The van der Waals surface area contributed by atoms with Gasteiger partial charge in [-0.25, -0.2) is 10.8 Å². The molecule has 0 saturated carbocycles. The van der Waals surface area contributed by atoms with Crippen LogP contribution in [0.3, 0.4) is 0 Å². The van der Waals surface area contributed by atoms with Crippen LogP contribution >= 0.6 is 12.6 Å². The molecule has 0 aliphatic rings. The number of nitrogens with one attached hydrogen (secondary N) is 1. The molecule has 3 nitrogen and oxygen atoms in total. The summed E-state index contributed by atoms with van der Waals surface area (Å²) in [5, 5.41) is 0. The number of hydrazine groups is 1. The third-order valence-electron chi connectivity index (χ3n) is 0.896. The standard InChI is InChI=1S/C5H7N3S/c6-8-5-2-1-4(9)3-7-5/h1-3,9H,6H2,(H,7,8). The molecule has 4 heteroatoms. The number of anilines is 1. The van der Waals surface area contributed by atoms with Gasteiger partial charge in [0.25, 0.3) is 0 Å². The van der Waals surface area contributed by atoms with Crippen molar-refractivity contribution in [3.63, 3.8) is 0 Å². The van der Waals surface area contributed by atoms with Gasteiger partial charge in [0.05, 0.1) is 0 Å². The van der Waals surface area contributed by atoms with Crippen molar-refractivity contribution in [2.24, 2.45) is 5.84 Å². The molecule has 0 bridgehead atoms. The number of nitrogens with zero attached hydrogens (tertiary/aromatic N) is 1. The fourth-order valence-corrected chi connectivity index (χ4v) is 0.604. The molecule has 1 heterocycles. The molecular formula is C5H7N3S. The molecule has 0 aliphatic carbocycles. The Morgan fingerprint density at radius 2 is 2.33 bits per heavy atom. The highest BCUT2D eigenvalue weighted by molar-refractivity contribution is 7.80. The van der Waals surface area contributed by atoms with E-state index in [0.29, 0.717) is 5.82 Å². The highest BCUT2D eigenvalue weighted by atomic mass is 32.1. The van der Waals surface area contributed by atoms with Gasteiger partial charge in [-0.15, -0.1) is 12.6 Å².